The van der Waals surface area contributed by atoms with E-state index in [2.05, 4.69) is 31.1 Å². The van der Waals surface area contributed by atoms with Gasteiger partial charge in [-0.05, 0) is 34.1 Å². The Kier molecular flexibility index (Phi) is 2.74. The summed E-state index contributed by atoms with van der Waals surface area (Å²) in [6.07, 6.45) is 1.71. The number of pyridine rings is 1. The normalized spacial score (nSPS) is 10.1. The van der Waals surface area contributed by atoms with Crippen molar-refractivity contribution in [3.8, 4) is 11.4 Å². The molecule has 0 unspecified atom stereocenters. The summed E-state index contributed by atoms with van der Waals surface area (Å²) in [5.74, 6) is 0. The lowest BCUT2D eigenvalue weighted by molar-refractivity contribution is 1.02. The average molecular weight is 271 g/mol. The summed E-state index contributed by atoms with van der Waals surface area (Å²) in [6.45, 7) is 0. The smallest absolute Gasteiger partial charge is 0.165 e. The lowest BCUT2D eigenvalue weighted by Crippen LogP contribution is -1.90. The first-order chi connectivity index (χ1) is 6.77. The van der Waals surface area contributed by atoms with Crippen molar-refractivity contribution in [3.63, 3.8) is 0 Å². The second-order valence-electron chi connectivity index (χ2n) is 2.58. The van der Waals surface area contributed by atoms with Crippen molar-refractivity contribution < 1.29 is 0 Å². The maximum absolute atomic E-state index is 5.73. The standard InChI is InChI=1S/C9H5BrClN3/c10-6-5-8(13-14-9(6)11)7-3-1-2-4-12-7/h1-5H. The van der Waals surface area contributed by atoms with Crippen LogP contribution in [-0.2, 0) is 0 Å². The topological polar surface area (TPSA) is 38.7 Å². The van der Waals surface area contributed by atoms with Crippen LogP contribution in [-0.4, -0.2) is 15.2 Å². The predicted octanol–water partition coefficient (Wildman–Crippen LogP) is 2.95. The molecule has 2 aromatic rings. The largest absolute Gasteiger partial charge is 0.255 e. The summed E-state index contributed by atoms with van der Waals surface area (Å²) >= 11 is 9.01. The van der Waals surface area contributed by atoms with E-state index in [-0.39, 0.29) is 0 Å². The van der Waals surface area contributed by atoms with Crippen LogP contribution in [0.3, 0.4) is 0 Å². The van der Waals surface area contributed by atoms with Gasteiger partial charge < -0.3 is 0 Å². The highest BCUT2D eigenvalue weighted by atomic mass is 79.9. The molecule has 70 valence electrons. The van der Waals surface area contributed by atoms with Crippen LogP contribution in [0.5, 0.6) is 0 Å². The van der Waals surface area contributed by atoms with Crippen LogP contribution in [0.15, 0.2) is 34.9 Å². The second-order valence-corrected chi connectivity index (χ2v) is 3.80. The molecule has 0 bridgehead atoms. The van der Waals surface area contributed by atoms with E-state index in [9.17, 15) is 0 Å². The van der Waals surface area contributed by atoms with Crippen molar-refractivity contribution in [1.29, 1.82) is 0 Å². The molecule has 5 heteroatoms. The van der Waals surface area contributed by atoms with Gasteiger partial charge in [-0.2, -0.15) is 0 Å². The molecule has 2 heterocycles. The van der Waals surface area contributed by atoms with Gasteiger partial charge in [0.1, 0.15) is 5.69 Å². The van der Waals surface area contributed by atoms with Gasteiger partial charge in [0.2, 0.25) is 0 Å². The van der Waals surface area contributed by atoms with Crippen molar-refractivity contribution in [3.05, 3.63) is 40.1 Å². The van der Waals surface area contributed by atoms with E-state index in [4.69, 9.17) is 11.6 Å². The van der Waals surface area contributed by atoms with Gasteiger partial charge in [-0.25, -0.2) is 0 Å². The fourth-order valence-corrected chi connectivity index (χ4v) is 1.38. The zero-order chi connectivity index (χ0) is 9.97. The summed E-state index contributed by atoms with van der Waals surface area (Å²) in [5.41, 5.74) is 1.47. The molecule has 0 atom stereocenters. The highest BCUT2D eigenvalue weighted by Gasteiger charge is 2.04. The van der Waals surface area contributed by atoms with Gasteiger partial charge in [0, 0.05) is 6.20 Å². The first-order valence-corrected chi connectivity index (χ1v) is 5.04. The lowest BCUT2D eigenvalue weighted by Gasteiger charge is -1.99. The van der Waals surface area contributed by atoms with Crippen molar-refractivity contribution in [2.24, 2.45) is 0 Å². The second kappa shape index (κ2) is 4.02. The van der Waals surface area contributed by atoms with Crippen molar-refractivity contribution in [1.82, 2.24) is 15.2 Å². The summed E-state index contributed by atoms with van der Waals surface area (Å²) in [6, 6.07) is 7.40. The SMILES string of the molecule is Clc1nnc(-c2ccccn2)cc1Br. The first kappa shape index (κ1) is 9.55. The number of hydrogen-bond donors (Lipinski definition) is 0. The van der Waals surface area contributed by atoms with E-state index in [0.29, 0.717) is 10.8 Å². The van der Waals surface area contributed by atoms with E-state index in [1.165, 1.54) is 0 Å². The van der Waals surface area contributed by atoms with Crippen LogP contribution >= 0.6 is 27.5 Å². The van der Waals surface area contributed by atoms with Gasteiger partial charge in [0.15, 0.2) is 5.15 Å². The van der Waals surface area contributed by atoms with Crippen LogP contribution in [0.2, 0.25) is 5.15 Å². The maximum atomic E-state index is 5.73. The molecular weight excluding hydrogens is 265 g/mol. The minimum atomic E-state index is 0.352. The van der Waals surface area contributed by atoms with Crippen LogP contribution in [0.1, 0.15) is 0 Å². The Morgan fingerprint density at radius 2 is 2.00 bits per heavy atom. The molecule has 0 aromatic carbocycles. The van der Waals surface area contributed by atoms with E-state index in [1.54, 1.807) is 12.3 Å². The fourth-order valence-electron chi connectivity index (χ4n) is 0.993. The number of halogens is 2. The molecule has 0 saturated carbocycles. The fraction of sp³-hybridized carbons (Fsp3) is 0. The van der Waals surface area contributed by atoms with Gasteiger partial charge in [0.25, 0.3) is 0 Å². The third kappa shape index (κ3) is 1.91. The Labute approximate surface area is 94.3 Å². The Morgan fingerprint density at radius 3 is 2.64 bits per heavy atom. The molecule has 2 aromatic heterocycles. The number of aromatic nitrogens is 3. The highest BCUT2D eigenvalue weighted by Crippen LogP contribution is 2.23. The Balaban J connectivity index is 2.48. The minimum Gasteiger partial charge on any atom is -0.255 e. The number of nitrogens with zero attached hydrogens (tertiary/aromatic N) is 3. The van der Waals surface area contributed by atoms with Crippen LogP contribution in [0.25, 0.3) is 11.4 Å². The first-order valence-electron chi connectivity index (χ1n) is 3.87. The van der Waals surface area contributed by atoms with E-state index < -0.39 is 0 Å². The monoisotopic (exact) mass is 269 g/mol. The van der Waals surface area contributed by atoms with Gasteiger partial charge >= 0.3 is 0 Å². The Morgan fingerprint density at radius 1 is 1.14 bits per heavy atom. The maximum Gasteiger partial charge on any atom is 0.165 e. The molecule has 0 radical (unpaired) electrons. The summed E-state index contributed by atoms with van der Waals surface area (Å²) < 4.78 is 0.717. The molecule has 0 amide bonds. The predicted molar refractivity (Wildman–Crippen MR) is 58.0 cm³/mol. The molecule has 0 aliphatic heterocycles. The van der Waals surface area contributed by atoms with E-state index in [1.807, 2.05) is 18.2 Å². The van der Waals surface area contributed by atoms with Gasteiger partial charge in [0.05, 0.1) is 10.2 Å². The van der Waals surface area contributed by atoms with E-state index >= 15 is 0 Å². The zero-order valence-electron chi connectivity index (χ0n) is 6.98. The summed E-state index contributed by atoms with van der Waals surface area (Å²) in [7, 11) is 0. The summed E-state index contributed by atoms with van der Waals surface area (Å²) in [4.78, 5) is 4.15. The molecule has 0 N–H and O–H groups in total. The molecule has 0 aliphatic rings. The highest BCUT2D eigenvalue weighted by molar-refractivity contribution is 9.10. The third-order valence-electron chi connectivity index (χ3n) is 1.63. The van der Waals surface area contributed by atoms with Gasteiger partial charge in [-0.1, -0.05) is 17.7 Å². The molecule has 0 fully saturated rings. The quantitative estimate of drug-likeness (QED) is 0.800. The van der Waals surface area contributed by atoms with Crippen molar-refractivity contribution in [2.75, 3.05) is 0 Å². The molecule has 2 rings (SSSR count). The number of rotatable bonds is 1. The zero-order valence-corrected chi connectivity index (χ0v) is 9.33. The van der Waals surface area contributed by atoms with Crippen LogP contribution < -0.4 is 0 Å². The summed E-state index contributed by atoms with van der Waals surface area (Å²) in [5, 5.41) is 8.07. The molecule has 14 heavy (non-hydrogen) atoms. The van der Waals surface area contributed by atoms with Crippen LogP contribution in [0, 0.1) is 0 Å². The molecule has 0 aliphatic carbocycles. The minimum absolute atomic E-state index is 0.352. The molecular formula is C9H5BrClN3. The Bertz CT molecular complexity index is 447. The number of hydrogen-bond acceptors (Lipinski definition) is 3. The molecule has 0 spiro atoms. The van der Waals surface area contributed by atoms with E-state index in [0.717, 1.165) is 10.2 Å². The Hall–Kier alpha value is -1.00. The molecule has 3 nitrogen and oxygen atoms in total. The van der Waals surface area contributed by atoms with Crippen molar-refractivity contribution >= 4 is 27.5 Å². The van der Waals surface area contributed by atoms with Gasteiger partial charge in [-0.15, -0.1) is 10.2 Å². The lowest BCUT2D eigenvalue weighted by atomic mass is 10.2. The van der Waals surface area contributed by atoms with Crippen LogP contribution in [0.4, 0.5) is 0 Å². The third-order valence-corrected chi connectivity index (χ3v) is 2.75. The molecule has 0 saturated heterocycles. The average Bonchev–Trinajstić information content (AvgIpc) is 2.23. The van der Waals surface area contributed by atoms with Crippen molar-refractivity contribution in [2.45, 2.75) is 0 Å². The van der Waals surface area contributed by atoms with Gasteiger partial charge in [-0.3, -0.25) is 4.98 Å².